The van der Waals surface area contributed by atoms with Gasteiger partial charge in [-0.05, 0) is 23.8 Å². The number of benzene rings is 2. The normalized spacial score (nSPS) is 11.1. The van der Waals surface area contributed by atoms with Crippen LogP contribution < -0.4 is 0 Å². The van der Waals surface area contributed by atoms with Gasteiger partial charge in [-0.25, -0.2) is 13.2 Å². The maximum Gasteiger partial charge on any atom is 0.439 e. The molecule has 2 aromatic rings. The van der Waals surface area contributed by atoms with E-state index in [1.165, 1.54) is 6.07 Å². The highest BCUT2D eigenvalue weighted by atomic mass is 35.7. The first-order valence-electron chi connectivity index (χ1n) is 6.68. The summed E-state index contributed by atoms with van der Waals surface area (Å²) >= 11 is 5.77. The van der Waals surface area contributed by atoms with Gasteiger partial charge in [0.2, 0.25) is 0 Å². The van der Waals surface area contributed by atoms with E-state index < -0.39 is 31.5 Å². The predicted octanol–water partition coefficient (Wildman–Crippen LogP) is 3.52. The lowest BCUT2D eigenvalue weighted by Crippen LogP contribution is -2.36. The van der Waals surface area contributed by atoms with Gasteiger partial charge >= 0.3 is 6.09 Å². The van der Waals surface area contributed by atoms with E-state index in [0.29, 0.717) is 5.56 Å². The molecule has 25 heavy (non-hydrogen) atoms. The van der Waals surface area contributed by atoms with E-state index in [-0.39, 0.29) is 16.7 Å². The fraction of sp³-hybridized carbons (Fsp3) is 0.0667. The molecule has 2 rings (SSSR count). The second-order valence-electron chi connectivity index (χ2n) is 4.72. The lowest BCUT2D eigenvalue weighted by Gasteiger charge is -2.18. The third-order valence-electron chi connectivity index (χ3n) is 3.00. The predicted molar refractivity (Wildman–Crippen MR) is 89.9 cm³/mol. The summed E-state index contributed by atoms with van der Waals surface area (Å²) in [6.07, 6.45) is -1.72. The van der Waals surface area contributed by atoms with Crippen molar-refractivity contribution in [2.45, 2.75) is 11.5 Å². The Hall–Kier alpha value is -2.13. The van der Waals surface area contributed by atoms with Crippen LogP contribution in [0.25, 0.3) is 0 Å². The Balaban J connectivity index is 2.35. The van der Waals surface area contributed by atoms with Gasteiger partial charge in [-0.2, -0.15) is 0 Å². The number of hydrogen-bond donors (Lipinski definition) is 1. The van der Waals surface area contributed by atoms with Gasteiger partial charge in [-0.15, -0.1) is 5.06 Å². The van der Waals surface area contributed by atoms with Crippen LogP contribution in [-0.4, -0.2) is 30.6 Å². The number of hydroxylamine groups is 2. The van der Waals surface area contributed by atoms with E-state index in [1.807, 2.05) is 0 Å². The van der Waals surface area contributed by atoms with Gasteiger partial charge < -0.3 is 5.11 Å². The lowest BCUT2D eigenvalue weighted by molar-refractivity contribution is -0.110. The maximum absolute atomic E-state index is 12.5. The number of hydrogen-bond acceptors (Lipinski definition) is 5. The van der Waals surface area contributed by atoms with Gasteiger partial charge in [0.15, 0.2) is 0 Å². The quantitative estimate of drug-likeness (QED) is 0.605. The first-order chi connectivity index (χ1) is 11.7. The van der Waals surface area contributed by atoms with E-state index >= 15 is 0 Å². The van der Waals surface area contributed by atoms with Gasteiger partial charge in [0, 0.05) is 15.7 Å². The molecule has 132 valence electrons. The number of rotatable bonds is 5. The molecule has 0 aliphatic heterocycles. The summed E-state index contributed by atoms with van der Waals surface area (Å²) < 4.78 is 23.2. The molecular weight excluding hydrogens is 393 g/mol. The minimum absolute atomic E-state index is 0.0285. The average molecular weight is 404 g/mol. The Morgan fingerprint density at radius 1 is 1.12 bits per heavy atom. The molecule has 7 nitrogen and oxygen atoms in total. The molecule has 0 saturated heterocycles. The van der Waals surface area contributed by atoms with Crippen LogP contribution in [0.1, 0.15) is 15.9 Å². The van der Waals surface area contributed by atoms with E-state index in [9.17, 15) is 23.1 Å². The molecule has 10 heteroatoms. The van der Waals surface area contributed by atoms with Crippen molar-refractivity contribution < 1.29 is 28.0 Å². The second kappa shape index (κ2) is 7.83. The fourth-order valence-electron chi connectivity index (χ4n) is 1.91. The van der Waals surface area contributed by atoms with Gasteiger partial charge in [0.1, 0.15) is 6.61 Å². The van der Waals surface area contributed by atoms with E-state index in [1.54, 1.807) is 30.3 Å². The number of imide groups is 1. The zero-order chi connectivity index (χ0) is 18.6. The number of nitrogens with zero attached hydrogens (tertiary/aromatic N) is 1. The van der Waals surface area contributed by atoms with Crippen LogP contribution in [0.2, 0.25) is 5.02 Å². The van der Waals surface area contributed by atoms with Crippen LogP contribution in [-0.2, 0) is 20.5 Å². The zero-order valence-electron chi connectivity index (χ0n) is 12.4. The highest BCUT2D eigenvalue weighted by Crippen LogP contribution is 2.25. The van der Waals surface area contributed by atoms with E-state index in [2.05, 4.69) is 0 Å². The Labute approximate surface area is 152 Å². The molecular formula is C15H11Cl2NO6S. The molecule has 1 N–H and O–H groups in total. The third kappa shape index (κ3) is 4.93. The number of amides is 2. The molecule has 0 aliphatic carbocycles. The van der Waals surface area contributed by atoms with Crippen LogP contribution >= 0.6 is 22.3 Å². The highest BCUT2D eigenvalue weighted by molar-refractivity contribution is 8.13. The van der Waals surface area contributed by atoms with E-state index in [0.717, 1.165) is 12.1 Å². The van der Waals surface area contributed by atoms with Crippen molar-refractivity contribution in [2.75, 3.05) is 0 Å². The second-order valence-corrected chi connectivity index (χ2v) is 7.69. The van der Waals surface area contributed by atoms with Gasteiger partial charge in [-0.3, -0.25) is 9.63 Å². The van der Waals surface area contributed by atoms with Crippen molar-refractivity contribution in [3.8, 4) is 0 Å². The zero-order valence-corrected chi connectivity index (χ0v) is 14.8. The molecule has 2 amide bonds. The Morgan fingerprint density at radius 2 is 1.76 bits per heavy atom. The number of carbonyl (C=O) groups excluding carboxylic acids is 1. The molecule has 0 aromatic heterocycles. The summed E-state index contributed by atoms with van der Waals surface area (Å²) in [4.78, 5) is 28.3. The summed E-state index contributed by atoms with van der Waals surface area (Å²) in [6, 6.07) is 11.7. The Bertz CT molecular complexity index is 901. The summed E-state index contributed by atoms with van der Waals surface area (Å²) in [5, 5.41) is 9.27. The van der Waals surface area contributed by atoms with Gasteiger partial charge in [0.05, 0.1) is 10.5 Å². The lowest BCUT2D eigenvalue weighted by atomic mass is 10.2. The largest absolute Gasteiger partial charge is 0.463 e. The summed E-state index contributed by atoms with van der Waals surface area (Å²) in [6.45, 7) is -0.220. The maximum atomic E-state index is 12.5. The fourth-order valence-corrected chi connectivity index (χ4v) is 3.12. The monoisotopic (exact) mass is 403 g/mol. The first kappa shape index (κ1) is 19.2. The topological polar surface area (TPSA) is 101 Å². The van der Waals surface area contributed by atoms with Crippen molar-refractivity contribution in [2.24, 2.45) is 0 Å². The van der Waals surface area contributed by atoms with Crippen LogP contribution in [0.3, 0.4) is 0 Å². The number of halogens is 2. The Morgan fingerprint density at radius 3 is 2.32 bits per heavy atom. The minimum Gasteiger partial charge on any atom is -0.463 e. The van der Waals surface area contributed by atoms with Crippen LogP contribution in [0.5, 0.6) is 0 Å². The molecule has 0 aliphatic rings. The average Bonchev–Trinajstić information content (AvgIpc) is 2.54. The summed E-state index contributed by atoms with van der Waals surface area (Å²) in [7, 11) is 0.984. The Kier molecular flexibility index (Phi) is 6.02. The van der Waals surface area contributed by atoms with Crippen molar-refractivity contribution in [1.82, 2.24) is 5.06 Å². The molecule has 0 fully saturated rings. The number of carboxylic acid groups (broad SMARTS) is 1. The van der Waals surface area contributed by atoms with Crippen molar-refractivity contribution in [1.29, 1.82) is 0 Å². The molecule has 0 heterocycles. The standard InChI is InChI=1S/C15H11Cl2NO6S/c16-11-6-7-13(25(17,22)23)12(8-11)14(19)18(15(20)21)24-9-10-4-2-1-3-5-10/h1-8H,9H2,(H,20,21). The molecule has 0 atom stereocenters. The molecule has 0 saturated carbocycles. The van der Waals surface area contributed by atoms with Crippen molar-refractivity contribution in [3.63, 3.8) is 0 Å². The van der Waals surface area contributed by atoms with Gasteiger partial charge in [-0.1, -0.05) is 41.9 Å². The molecule has 0 radical (unpaired) electrons. The SMILES string of the molecule is O=C(O)N(OCc1ccccc1)C(=O)c1cc(Cl)ccc1S(=O)(=O)Cl. The third-order valence-corrected chi connectivity index (χ3v) is 4.61. The van der Waals surface area contributed by atoms with Crippen LogP contribution in [0, 0.1) is 0 Å². The van der Waals surface area contributed by atoms with Crippen molar-refractivity contribution in [3.05, 3.63) is 64.7 Å². The summed E-state index contributed by atoms with van der Waals surface area (Å²) in [5.74, 6) is -1.23. The molecule has 0 bridgehead atoms. The van der Waals surface area contributed by atoms with E-state index in [4.69, 9.17) is 27.1 Å². The number of carbonyl (C=O) groups is 2. The smallest absolute Gasteiger partial charge is 0.439 e. The van der Waals surface area contributed by atoms with Crippen LogP contribution in [0.4, 0.5) is 4.79 Å². The molecule has 0 unspecified atom stereocenters. The molecule has 0 spiro atoms. The highest BCUT2D eigenvalue weighted by Gasteiger charge is 2.29. The van der Waals surface area contributed by atoms with Crippen LogP contribution in [0.15, 0.2) is 53.4 Å². The minimum atomic E-state index is -4.30. The first-order valence-corrected chi connectivity index (χ1v) is 9.37. The molecule has 2 aromatic carbocycles. The van der Waals surface area contributed by atoms with Crippen molar-refractivity contribution >= 4 is 43.3 Å². The summed E-state index contributed by atoms with van der Waals surface area (Å²) in [5.41, 5.74) is 0.0933. The van der Waals surface area contributed by atoms with Gasteiger partial charge in [0.25, 0.3) is 15.0 Å².